The fraction of sp³-hybridized carbons (Fsp3) is 0.286. The van der Waals surface area contributed by atoms with E-state index in [0.717, 1.165) is 28.3 Å². The molecule has 4 rings (SSSR count). The molecular weight excluding hydrogens is 407 g/mol. The number of rotatable bonds is 5. The van der Waals surface area contributed by atoms with Crippen LogP contribution in [0, 0.1) is 11.7 Å². The minimum atomic E-state index is -0.303. The molecule has 8 heteroatoms. The van der Waals surface area contributed by atoms with Gasteiger partial charge in [0.1, 0.15) is 5.82 Å². The number of hydrogen-bond acceptors (Lipinski definition) is 5. The van der Waals surface area contributed by atoms with Crippen LogP contribution in [0.25, 0.3) is 16.3 Å². The number of halogens is 1. The van der Waals surface area contributed by atoms with E-state index in [2.05, 4.69) is 34.2 Å². The maximum absolute atomic E-state index is 13.5. The molecule has 1 aliphatic rings. The van der Waals surface area contributed by atoms with Crippen LogP contribution in [0.2, 0.25) is 0 Å². The van der Waals surface area contributed by atoms with Gasteiger partial charge in [0.25, 0.3) is 5.89 Å². The summed E-state index contributed by atoms with van der Waals surface area (Å²) in [6.45, 7) is 7.06. The zero-order valence-electron chi connectivity index (χ0n) is 16.3. The van der Waals surface area contributed by atoms with Gasteiger partial charge in [0.2, 0.25) is 5.82 Å². The van der Waals surface area contributed by atoms with Crippen molar-refractivity contribution in [3.63, 3.8) is 0 Å². The number of thiophene rings is 1. The highest BCUT2D eigenvalue weighted by Crippen LogP contribution is 2.38. The van der Waals surface area contributed by atoms with Gasteiger partial charge in [0.05, 0.1) is 16.5 Å². The van der Waals surface area contributed by atoms with Gasteiger partial charge in [-0.2, -0.15) is 4.98 Å². The van der Waals surface area contributed by atoms with Crippen LogP contribution in [-0.4, -0.2) is 26.7 Å². The molecule has 150 valence electrons. The van der Waals surface area contributed by atoms with Crippen molar-refractivity contribution in [2.24, 2.45) is 5.92 Å². The van der Waals surface area contributed by atoms with Crippen molar-refractivity contribution < 1.29 is 8.91 Å². The lowest BCUT2D eigenvalue weighted by Gasteiger charge is -2.38. The number of aromatic nitrogens is 2. The van der Waals surface area contributed by atoms with Gasteiger partial charge in [-0.15, -0.1) is 11.3 Å². The van der Waals surface area contributed by atoms with Crippen molar-refractivity contribution in [2.45, 2.75) is 26.8 Å². The number of nitrogens with zero attached hydrogens (tertiary/aromatic N) is 3. The third-order valence-corrected chi connectivity index (χ3v) is 5.95. The lowest BCUT2D eigenvalue weighted by molar-refractivity contribution is 0.386. The van der Waals surface area contributed by atoms with Gasteiger partial charge in [-0.3, -0.25) is 0 Å². The molecule has 0 spiro atoms. The zero-order valence-corrected chi connectivity index (χ0v) is 18.0. The first kappa shape index (κ1) is 19.7. The Kier molecular flexibility index (Phi) is 5.47. The Balaban J connectivity index is 1.82. The average Bonchev–Trinajstić information content (AvgIpc) is 3.37. The predicted octanol–water partition coefficient (Wildman–Crippen LogP) is 5.26. The number of benzene rings is 1. The molecule has 0 fully saturated rings. The summed E-state index contributed by atoms with van der Waals surface area (Å²) in [7, 11) is 0. The first-order valence-corrected chi connectivity index (χ1v) is 10.6. The Hall–Kier alpha value is -2.58. The van der Waals surface area contributed by atoms with Crippen LogP contribution < -0.4 is 5.32 Å². The molecule has 2 aromatic heterocycles. The fourth-order valence-corrected chi connectivity index (χ4v) is 4.37. The summed E-state index contributed by atoms with van der Waals surface area (Å²) in [5, 5.41) is 10.2. The van der Waals surface area contributed by atoms with Gasteiger partial charge in [0.15, 0.2) is 5.11 Å². The van der Waals surface area contributed by atoms with E-state index in [9.17, 15) is 4.39 Å². The molecule has 1 N–H and O–H groups in total. The number of hydrogen-bond donors (Lipinski definition) is 1. The standard InChI is InChI=1S/C21H21FN4OS2/c1-12(2)11-26-13(3)17(20-24-19(25-27-20)16-5-4-10-29-16)18(23-21(26)28)14-6-8-15(22)9-7-14/h4-10,12,18H,11H2,1-3H3,(H,23,28). The van der Waals surface area contributed by atoms with Crippen LogP contribution in [0.5, 0.6) is 0 Å². The van der Waals surface area contributed by atoms with Gasteiger partial charge in [0, 0.05) is 12.2 Å². The third-order valence-electron chi connectivity index (χ3n) is 4.75. The molecule has 0 saturated heterocycles. The second-order valence-corrected chi connectivity index (χ2v) is 8.67. The summed E-state index contributed by atoms with van der Waals surface area (Å²) >= 11 is 7.20. The molecule has 3 heterocycles. The number of allylic oxidation sites excluding steroid dienone is 1. The minimum absolute atomic E-state index is 0.284. The number of nitrogens with one attached hydrogen (secondary N) is 1. The molecule has 0 aliphatic carbocycles. The lowest BCUT2D eigenvalue weighted by Crippen LogP contribution is -2.47. The van der Waals surface area contributed by atoms with Crippen molar-refractivity contribution in [2.75, 3.05) is 6.54 Å². The second kappa shape index (κ2) is 8.04. The Bertz CT molecular complexity index is 1040. The molecule has 0 saturated carbocycles. The lowest BCUT2D eigenvalue weighted by atomic mass is 9.94. The molecule has 0 amide bonds. The van der Waals surface area contributed by atoms with Gasteiger partial charge in [-0.1, -0.05) is 37.2 Å². The smallest absolute Gasteiger partial charge is 0.258 e. The van der Waals surface area contributed by atoms with Crippen molar-refractivity contribution in [1.29, 1.82) is 0 Å². The normalized spacial score (nSPS) is 17.2. The quantitative estimate of drug-likeness (QED) is 0.560. The Morgan fingerprint density at radius 2 is 2.03 bits per heavy atom. The van der Waals surface area contributed by atoms with Crippen molar-refractivity contribution in [3.05, 3.63) is 64.7 Å². The molecule has 1 unspecified atom stereocenters. The summed E-state index contributed by atoms with van der Waals surface area (Å²) < 4.78 is 19.2. The molecule has 5 nitrogen and oxygen atoms in total. The second-order valence-electron chi connectivity index (χ2n) is 7.34. The maximum atomic E-state index is 13.5. The van der Waals surface area contributed by atoms with E-state index in [1.807, 2.05) is 24.4 Å². The van der Waals surface area contributed by atoms with Crippen LogP contribution >= 0.6 is 23.6 Å². The highest BCUT2D eigenvalue weighted by atomic mass is 32.1. The van der Waals surface area contributed by atoms with E-state index in [1.165, 1.54) is 12.1 Å². The SMILES string of the molecule is CC1=C(c2nc(-c3cccs3)no2)C(c2ccc(F)cc2)NC(=S)N1CC(C)C. The number of thiocarbonyl (C=S) groups is 1. The van der Waals surface area contributed by atoms with Gasteiger partial charge < -0.3 is 14.7 Å². The zero-order chi connectivity index (χ0) is 20.5. The van der Waals surface area contributed by atoms with Crippen LogP contribution in [0.4, 0.5) is 4.39 Å². The first-order chi connectivity index (χ1) is 13.9. The summed E-state index contributed by atoms with van der Waals surface area (Å²) in [5.74, 6) is 1.12. The van der Waals surface area contributed by atoms with Crippen LogP contribution in [0.1, 0.15) is 38.3 Å². The van der Waals surface area contributed by atoms with Crippen LogP contribution in [0.3, 0.4) is 0 Å². The minimum Gasteiger partial charge on any atom is -0.351 e. The predicted molar refractivity (Wildman–Crippen MR) is 117 cm³/mol. The molecule has 1 atom stereocenters. The largest absolute Gasteiger partial charge is 0.351 e. The van der Waals surface area contributed by atoms with E-state index >= 15 is 0 Å². The molecule has 3 aromatic rings. The van der Waals surface area contributed by atoms with Gasteiger partial charge in [-0.25, -0.2) is 4.39 Å². The van der Waals surface area contributed by atoms with Gasteiger partial charge >= 0.3 is 0 Å². The van der Waals surface area contributed by atoms with E-state index in [4.69, 9.17) is 16.7 Å². The maximum Gasteiger partial charge on any atom is 0.258 e. The molecule has 1 aromatic carbocycles. The topological polar surface area (TPSA) is 54.2 Å². The van der Waals surface area contributed by atoms with Crippen LogP contribution in [-0.2, 0) is 0 Å². The fourth-order valence-electron chi connectivity index (χ4n) is 3.39. The van der Waals surface area contributed by atoms with Crippen molar-refractivity contribution in [3.8, 4) is 10.7 Å². The molecule has 0 radical (unpaired) electrons. The Morgan fingerprint density at radius 1 is 1.28 bits per heavy atom. The monoisotopic (exact) mass is 428 g/mol. The van der Waals surface area contributed by atoms with Gasteiger partial charge in [-0.05, 0) is 54.2 Å². The van der Waals surface area contributed by atoms with E-state index < -0.39 is 0 Å². The highest BCUT2D eigenvalue weighted by Gasteiger charge is 2.34. The summed E-state index contributed by atoms with van der Waals surface area (Å²) in [4.78, 5) is 7.65. The Labute approximate surface area is 178 Å². The van der Waals surface area contributed by atoms with E-state index in [0.29, 0.717) is 22.7 Å². The first-order valence-electron chi connectivity index (χ1n) is 9.36. The highest BCUT2D eigenvalue weighted by molar-refractivity contribution is 7.80. The summed E-state index contributed by atoms with van der Waals surface area (Å²) in [5.41, 5.74) is 2.68. The van der Waals surface area contributed by atoms with Crippen LogP contribution in [0.15, 0.2) is 52.0 Å². The van der Waals surface area contributed by atoms with Crippen molar-refractivity contribution in [1.82, 2.24) is 20.4 Å². The summed E-state index contributed by atoms with van der Waals surface area (Å²) in [6, 6.07) is 9.99. The molecule has 0 bridgehead atoms. The molecule has 29 heavy (non-hydrogen) atoms. The summed E-state index contributed by atoms with van der Waals surface area (Å²) in [6.07, 6.45) is 0. The molecular formula is C21H21FN4OS2. The molecule has 1 aliphatic heterocycles. The third kappa shape index (κ3) is 3.95. The Morgan fingerprint density at radius 3 is 2.69 bits per heavy atom. The van der Waals surface area contributed by atoms with E-state index in [1.54, 1.807) is 23.5 Å². The average molecular weight is 429 g/mol. The van der Waals surface area contributed by atoms with E-state index in [-0.39, 0.29) is 11.9 Å². The van der Waals surface area contributed by atoms with Crippen molar-refractivity contribution >= 4 is 34.2 Å².